The van der Waals surface area contributed by atoms with Gasteiger partial charge in [0.05, 0.1) is 32.0 Å². The number of allylic oxidation sites excluding steroid dienone is 3. The molecule has 14 nitrogen and oxygen atoms in total. The van der Waals surface area contributed by atoms with Crippen LogP contribution in [0.3, 0.4) is 0 Å². The minimum Gasteiger partial charge on any atom is -0.394 e. The molecular weight excluding hydrogens is 1070 g/mol. The minimum atomic E-state index is -1.79. The van der Waals surface area contributed by atoms with Crippen LogP contribution in [0.1, 0.15) is 328 Å². The Morgan fingerprint density at radius 2 is 0.753 bits per heavy atom. The van der Waals surface area contributed by atoms with Gasteiger partial charge in [-0.25, -0.2) is 0 Å². The summed E-state index contributed by atoms with van der Waals surface area (Å²) in [5.74, 6) is -0.244. The van der Waals surface area contributed by atoms with Gasteiger partial charge in [0.15, 0.2) is 12.6 Å². The van der Waals surface area contributed by atoms with Gasteiger partial charge >= 0.3 is 0 Å². The lowest BCUT2D eigenvalue weighted by atomic mass is 9.97. The largest absolute Gasteiger partial charge is 0.394 e. The summed E-state index contributed by atoms with van der Waals surface area (Å²) >= 11 is 0. The van der Waals surface area contributed by atoms with Crippen molar-refractivity contribution in [2.75, 3.05) is 19.8 Å². The fourth-order valence-corrected chi connectivity index (χ4v) is 12.1. The lowest BCUT2D eigenvalue weighted by molar-refractivity contribution is -0.359. The molecule has 1 amide bonds. The molecule has 2 aliphatic heterocycles. The minimum absolute atomic E-state index is 0.244. The third-order valence-corrected chi connectivity index (χ3v) is 17.9. The molecule has 0 aliphatic carbocycles. The Labute approximate surface area is 519 Å². The lowest BCUT2D eigenvalue weighted by Gasteiger charge is -2.46. The number of amides is 1. The quantitative estimate of drug-likeness (QED) is 0.0204. The first kappa shape index (κ1) is 79.6. The SMILES string of the molecule is CCCCCCC/C=C/CC/C=C/C(O)C(COC1OC(CO)C(OC2OC(CO)C(O)C(O)C2O)C(O)C1O)NC(=O)CCCCCCCCCCCCCCCCCCCCCCCCCCCCCCCCCCCCCCCCCC. The Balaban J connectivity index is 1.51. The van der Waals surface area contributed by atoms with Gasteiger partial charge in [-0.15, -0.1) is 0 Å². The molecule has 14 heteroatoms. The molecule has 12 atom stereocenters. The van der Waals surface area contributed by atoms with E-state index in [9.17, 15) is 45.6 Å². The predicted molar refractivity (Wildman–Crippen MR) is 346 cm³/mol. The van der Waals surface area contributed by atoms with Crippen LogP contribution in [0.4, 0.5) is 0 Å². The van der Waals surface area contributed by atoms with E-state index >= 15 is 0 Å². The topological polar surface area (TPSA) is 228 Å². The van der Waals surface area contributed by atoms with Crippen LogP contribution in [0, 0.1) is 0 Å². The van der Waals surface area contributed by atoms with Gasteiger partial charge in [-0.3, -0.25) is 4.79 Å². The second-order valence-corrected chi connectivity index (χ2v) is 25.7. The van der Waals surface area contributed by atoms with Crippen molar-refractivity contribution in [1.82, 2.24) is 5.32 Å². The molecule has 0 aromatic rings. The summed E-state index contributed by atoms with van der Waals surface area (Å²) in [7, 11) is 0. The molecule has 502 valence electrons. The Morgan fingerprint density at radius 1 is 0.412 bits per heavy atom. The van der Waals surface area contributed by atoms with E-state index in [-0.39, 0.29) is 18.9 Å². The monoisotopic (exact) mass is 1210 g/mol. The molecule has 9 N–H and O–H groups in total. The van der Waals surface area contributed by atoms with Crippen LogP contribution in [-0.4, -0.2) is 140 Å². The van der Waals surface area contributed by atoms with Crippen LogP contribution >= 0.6 is 0 Å². The molecule has 0 spiro atoms. The number of aliphatic hydroxyl groups is 8. The van der Waals surface area contributed by atoms with Gasteiger partial charge in [-0.05, 0) is 32.1 Å². The van der Waals surface area contributed by atoms with E-state index in [1.807, 2.05) is 6.08 Å². The maximum absolute atomic E-state index is 13.3. The first-order valence-corrected chi connectivity index (χ1v) is 36.1. The number of carbonyl (C=O) groups excluding carboxylic acids is 1. The number of nitrogens with one attached hydrogen (secondary N) is 1. The van der Waals surface area contributed by atoms with Crippen molar-refractivity contribution in [3.8, 4) is 0 Å². The molecule has 0 saturated carbocycles. The van der Waals surface area contributed by atoms with Crippen LogP contribution in [0.25, 0.3) is 0 Å². The molecule has 2 heterocycles. The van der Waals surface area contributed by atoms with E-state index in [2.05, 4.69) is 31.3 Å². The maximum atomic E-state index is 13.3. The zero-order valence-electron chi connectivity index (χ0n) is 54.6. The molecule has 2 rings (SSSR count). The maximum Gasteiger partial charge on any atom is 0.220 e. The molecule has 12 unspecified atom stereocenters. The standard InChI is InChI=1S/C71H135NO13/c1-3-5-7-9-11-13-15-16-17-18-19-20-21-22-23-24-25-26-27-28-29-30-31-32-33-34-35-36-37-38-39-40-41-42-43-45-47-49-51-53-55-63(76)72-59(60(75)54-52-50-48-46-44-14-12-10-8-6-4-2)58-82-70-68(81)66(79)69(62(57-74)84-70)85-71-67(80)65(78)64(77)61(56-73)83-71/h44,46,52,54,59-62,64-71,73-75,77-81H,3-43,45,47-51,53,55-58H2,1-2H3,(H,72,76)/b46-44+,54-52+. The van der Waals surface area contributed by atoms with Crippen LogP contribution < -0.4 is 5.32 Å². The summed E-state index contributed by atoms with van der Waals surface area (Å²) in [6.07, 6.45) is 54.5. The normalized spacial score (nSPS) is 23.6. The first-order chi connectivity index (χ1) is 41.6. The lowest BCUT2D eigenvalue weighted by Crippen LogP contribution is -2.65. The molecule has 2 fully saturated rings. The van der Waals surface area contributed by atoms with Crippen LogP contribution in [0.5, 0.6) is 0 Å². The zero-order chi connectivity index (χ0) is 61.6. The Hall–Kier alpha value is -1.53. The van der Waals surface area contributed by atoms with Gasteiger partial charge in [0.1, 0.15) is 48.8 Å². The third-order valence-electron chi connectivity index (χ3n) is 17.9. The van der Waals surface area contributed by atoms with Gasteiger partial charge in [0.25, 0.3) is 0 Å². The molecule has 2 aliphatic rings. The average Bonchev–Trinajstić information content (AvgIpc) is 2.46. The van der Waals surface area contributed by atoms with E-state index in [0.29, 0.717) is 12.8 Å². The highest BCUT2D eigenvalue weighted by Gasteiger charge is 2.51. The van der Waals surface area contributed by atoms with Crippen molar-refractivity contribution in [2.45, 2.75) is 402 Å². The second-order valence-electron chi connectivity index (χ2n) is 25.7. The fraction of sp³-hybridized carbons (Fsp3) is 0.930. The fourth-order valence-electron chi connectivity index (χ4n) is 12.1. The van der Waals surface area contributed by atoms with Crippen molar-refractivity contribution >= 4 is 5.91 Å². The molecule has 0 bridgehead atoms. The number of rotatable bonds is 60. The predicted octanol–water partition coefficient (Wildman–Crippen LogP) is 14.7. The molecular formula is C71H135NO13. The number of hydrogen-bond acceptors (Lipinski definition) is 13. The summed E-state index contributed by atoms with van der Waals surface area (Å²) in [4.78, 5) is 13.3. The van der Waals surface area contributed by atoms with Crippen molar-refractivity contribution in [2.24, 2.45) is 0 Å². The Bertz CT molecular complexity index is 1520. The van der Waals surface area contributed by atoms with Crippen LogP contribution in [-0.2, 0) is 23.7 Å². The molecule has 0 aromatic carbocycles. The van der Waals surface area contributed by atoms with Gasteiger partial charge in [0.2, 0.25) is 5.91 Å². The van der Waals surface area contributed by atoms with Crippen molar-refractivity contribution in [1.29, 1.82) is 0 Å². The number of ether oxygens (including phenoxy) is 4. The van der Waals surface area contributed by atoms with Gasteiger partial charge in [0, 0.05) is 6.42 Å². The number of hydrogen-bond donors (Lipinski definition) is 9. The molecule has 0 aromatic heterocycles. The summed E-state index contributed by atoms with van der Waals surface area (Å²) in [5, 5.41) is 87.0. The summed E-state index contributed by atoms with van der Waals surface area (Å²) in [5.41, 5.74) is 0. The van der Waals surface area contributed by atoms with Crippen LogP contribution in [0.15, 0.2) is 24.3 Å². The third kappa shape index (κ3) is 40.8. The van der Waals surface area contributed by atoms with E-state index < -0.39 is 86.8 Å². The highest BCUT2D eigenvalue weighted by Crippen LogP contribution is 2.30. The zero-order valence-corrected chi connectivity index (χ0v) is 54.6. The van der Waals surface area contributed by atoms with E-state index in [1.165, 1.54) is 263 Å². The van der Waals surface area contributed by atoms with Crippen molar-refractivity contribution < 1.29 is 64.6 Å². The molecule has 2 saturated heterocycles. The number of carbonyl (C=O) groups is 1. The van der Waals surface area contributed by atoms with Gasteiger partial charge < -0.3 is 65.1 Å². The van der Waals surface area contributed by atoms with Crippen LogP contribution in [0.2, 0.25) is 0 Å². The average molecular weight is 1210 g/mol. The van der Waals surface area contributed by atoms with E-state index in [1.54, 1.807) is 6.08 Å². The van der Waals surface area contributed by atoms with E-state index in [0.717, 1.165) is 32.1 Å². The number of aliphatic hydroxyl groups excluding tert-OH is 8. The van der Waals surface area contributed by atoms with Crippen molar-refractivity contribution in [3.63, 3.8) is 0 Å². The summed E-state index contributed by atoms with van der Waals surface area (Å²) in [6.45, 7) is 2.78. The first-order valence-electron chi connectivity index (χ1n) is 36.1. The molecule has 85 heavy (non-hydrogen) atoms. The Morgan fingerprint density at radius 3 is 1.15 bits per heavy atom. The molecule has 0 radical (unpaired) electrons. The highest BCUT2D eigenvalue weighted by molar-refractivity contribution is 5.76. The van der Waals surface area contributed by atoms with E-state index in [4.69, 9.17) is 18.9 Å². The smallest absolute Gasteiger partial charge is 0.220 e. The second kappa shape index (κ2) is 56.5. The van der Waals surface area contributed by atoms with Gasteiger partial charge in [-0.1, -0.05) is 314 Å². The number of unbranched alkanes of at least 4 members (excludes halogenated alkanes) is 45. The Kier molecular flexibility index (Phi) is 52.8. The summed E-state index contributed by atoms with van der Waals surface area (Å²) < 4.78 is 22.8. The highest BCUT2D eigenvalue weighted by atomic mass is 16.7. The summed E-state index contributed by atoms with van der Waals surface area (Å²) in [6, 6.07) is -0.927. The van der Waals surface area contributed by atoms with Gasteiger partial charge in [-0.2, -0.15) is 0 Å². The van der Waals surface area contributed by atoms with Crippen molar-refractivity contribution in [3.05, 3.63) is 24.3 Å².